The molecule has 19 heavy (non-hydrogen) atoms. The summed E-state index contributed by atoms with van der Waals surface area (Å²) in [4.78, 5) is 0. The van der Waals surface area contributed by atoms with Gasteiger partial charge < -0.3 is 9.84 Å². The van der Waals surface area contributed by atoms with Crippen LogP contribution in [-0.2, 0) is 30.1 Å². The maximum atomic E-state index is 8.77. The van der Waals surface area contributed by atoms with Crippen molar-refractivity contribution in [3.63, 3.8) is 0 Å². The molecule has 0 aliphatic heterocycles. The molecule has 0 spiro atoms. The molecule has 2 rings (SSSR count). The number of rotatable bonds is 6. The smallest absolute Gasteiger partial charge is 0.119 e. The van der Waals surface area contributed by atoms with E-state index >= 15 is 0 Å². The van der Waals surface area contributed by atoms with Crippen LogP contribution in [0.5, 0.6) is 5.75 Å². The first-order valence-electron chi connectivity index (χ1n) is 6.25. The van der Waals surface area contributed by atoms with E-state index in [4.69, 9.17) is 9.84 Å². The molecule has 0 heterocycles. The van der Waals surface area contributed by atoms with Gasteiger partial charge in [-0.2, -0.15) is 0 Å². The van der Waals surface area contributed by atoms with E-state index in [0.29, 0.717) is 6.61 Å². The molecule has 0 aliphatic rings. The fraction of sp³-hybridized carbons (Fsp3) is 0.250. The third kappa shape index (κ3) is 5.48. The zero-order chi connectivity index (χ0) is 12.6. The van der Waals surface area contributed by atoms with Crippen LogP contribution >= 0.6 is 0 Å². The Bertz CT molecular complexity index is 454. The molecular formula is C16H18CuO2. The Morgan fingerprint density at radius 2 is 1.53 bits per heavy atom. The second kappa shape index (κ2) is 8.76. The molecule has 2 aromatic carbocycles. The van der Waals surface area contributed by atoms with Crippen molar-refractivity contribution in [3.8, 4) is 5.75 Å². The first-order chi connectivity index (χ1) is 8.88. The van der Waals surface area contributed by atoms with Crippen LogP contribution in [0.1, 0.15) is 17.5 Å². The van der Waals surface area contributed by atoms with E-state index in [-0.39, 0.29) is 23.7 Å². The SMILES string of the molecule is OCCCc1ccc(OCc2ccccc2)cc1.[Cu]. The van der Waals surface area contributed by atoms with Crippen molar-refractivity contribution in [3.05, 3.63) is 65.7 Å². The van der Waals surface area contributed by atoms with Gasteiger partial charge in [0.15, 0.2) is 0 Å². The molecule has 0 atom stereocenters. The van der Waals surface area contributed by atoms with E-state index in [2.05, 4.69) is 24.3 Å². The van der Waals surface area contributed by atoms with E-state index in [1.54, 1.807) is 0 Å². The van der Waals surface area contributed by atoms with E-state index in [0.717, 1.165) is 18.6 Å². The van der Waals surface area contributed by atoms with Gasteiger partial charge in [0, 0.05) is 23.7 Å². The molecule has 3 heteroatoms. The molecule has 0 saturated carbocycles. The Hall–Kier alpha value is -1.28. The maximum Gasteiger partial charge on any atom is 0.119 e. The van der Waals surface area contributed by atoms with Crippen LogP contribution in [0.3, 0.4) is 0 Å². The van der Waals surface area contributed by atoms with Gasteiger partial charge in [0.1, 0.15) is 12.4 Å². The van der Waals surface area contributed by atoms with Crippen molar-refractivity contribution < 1.29 is 26.9 Å². The van der Waals surface area contributed by atoms with Crippen LogP contribution in [0.15, 0.2) is 54.6 Å². The molecule has 0 bridgehead atoms. The summed E-state index contributed by atoms with van der Waals surface area (Å²) >= 11 is 0. The van der Waals surface area contributed by atoms with E-state index < -0.39 is 0 Å². The number of aliphatic hydroxyl groups excluding tert-OH is 1. The monoisotopic (exact) mass is 305 g/mol. The van der Waals surface area contributed by atoms with Crippen molar-refractivity contribution in [1.82, 2.24) is 0 Å². The number of aryl methyl sites for hydroxylation is 1. The fourth-order valence-electron chi connectivity index (χ4n) is 1.78. The minimum Gasteiger partial charge on any atom is -0.489 e. The van der Waals surface area contributed by atoms with Gasteiger partial charge in [-0.15, -0.1) is 0 Å². The van der Waals surface area contributed by atoms with Gasteiger partial charge in [-0.1, -0.05) is 42.5 Å². The Balaban J connectivity index is 0.00000180. The average Bonchev–Trinajstić information content (AvgIpc) is 2.45. The Kier molecular flexibility index (Phi) is 7.27. The van der Waals surface area contributed by atoms with Gasteiger partial charge in [0.05, 0.1) is 0 Å². The van der Waals surface area contributed by atoms with Gasteiger partial charge in [-0.25, -0.2) is 0 Å². The fourth-order valence-corrected chi connectivity index (χ4v) is 1.78. The van der Waals surface area contributed by atoms with Crippen molar-refractivity contribution in [2.24, 2.45) is 0 Å². The van der Waals surface area contributed by atoms with Crippen LogP contribution in [-0.4, -0.2) is 11.7 Å². The first-order valence-corrected chi connectivity index (χ1v) is 6.25. The molecule has 0 fully saturated rings. The van der Waals surface area contributed by atoms with Crippen LogP contribution in [0.25, 0.3) is 0 Å². The normalized spacial score (nSPS) is 9.74. The summed E-state index contributed by atoms with van der Waals surface area (Å²) in [5.74, 6) is 0.881. The Morgan fingerprint density at radius 3 is 2.16 bits per heavy atom. The summed E-state index contributed by atoms with van der Waals surface area (Å²) in [6, 6.07) is 18.2. The van der Waals surface area contributed by atoms with Gasteiger partial charge >= 0.3 is 0 Å². The molecule has 0 aromatic heterocycles. The predicted molar refractivity (Wildman–Crippen MR) is 72.6 cm³/mol. The van der Waals surface area contributed by atoms with Gasteiger partial charge in [-0.05, 0) is 36.1 Å². The second-order valence-electron chi connectivity index (χ2n) is 4.25. The minimum atomic E-state index is 0. The average molecular weight is 306 g/mol. The van der Waals surface area contributed by atoms with Crippen molar-refractivity contribution in [2.45, 2.75) is 19.4 Å². The van der Waals surface area contributed by atoms with Crippen LogP contribution in [0.4, 0.5) is 0 Å². The molecule has 1 N–H and O–H groups in total. The molecule has 0 saturated heterocycles. The molecule has 2 nitrogen and oxygen atoms in total. The second-order valence-corrected chi connectivity index (χ2v) is 4.25. The Labute approximate surface area is 124 Å². The van der Waals surface area contributed by atoms with Crippen molar-refractivity contribution >= 4 is 0 Å². The summed E-state index contributed by atoms with van der Waals surface area (Å²) in [7, 11) is 0. The number of ether oxygens (including phenoxy) is 1. The number of hydrogen-bond donors (Lipinski definition) is 1. The van der Waals surface area contributed by atoms with Crippen LogP contribution < -0.4 is 4.74 Å². The molecule has 1 radical (unpaired) electrons. The van der Waals surface area contributed by atoms with E-state index in [1.165, 1.54) is 11.1 Å². The molecule has 0 aliphatic carbocycles. The zero-order valence-corrected chi connectivity index (χ0v) is 11.6. The molecular weight excluding hydrogens is 288 g/mol. The molecule has 0 unspecified atom stereocenters. The summed E-state index contributed by atoms with van der Waals surface area (Å²) in [5, 5.41) is 8.77. The van der Waals surface area contributed by atoms with Crippen molar-refractivity contribution in [2.75, 3.05) is 6.61 Å². The summed E-state index contributed by atoms with van der Waals surface area (Å²) in [6.07, 6.45) is 1.72. The summed E-state index contributed by atoms with van der Waals surface area (Å²) in [5.41, 5.74) is 2.40. The Morgan fingerprint density at radius 1 is 0.842 bits per heavy atom. The minimum absolute atomic E-state index is 0. The van der Waals surface area contributed by atoms with Crippen LogP contribution in [0, 0.1) is 0 Å². The first kappa shape index (κ1) is 15.8. The van der Waals surface area contributed by atoms with Gasteiger partial charge in [0.2, 0.25) is 0 Å². The van der Waals surface area contributed by atoms with Crippen LogP contribution in [0.2, 0.25) is 0 Å². The largest absolute Gasteiger partial charge is 0.489 e. The van der Waals surface area contributed by atoms with E-state index in [9.17, 15) is 0 Å². The molecule has 0 amide bonds. The zero-order valence-electron chi connectivity index (χ0n) is 10.7. The number of benzene rings is 2. The number of aliphatic hydroxyl groups is 1. The standard InChI is InChI=1S/C16H18O2.Cu/c17-12-4-7-14-8-10-16(11-9-14)18-13-15-5-2-1-3-6-15;/h1-3,5-6,8-11,17H,4,7,12-13H2;. The quantitative estimate of drug-likeness (QED) is 0.831. The molecule has 105 valence electrons. The third-order valence-corrected chi connectivity index (χ3v) is 2.80. The summed E-state index contributed by atoms with van der Waals surface area (Å²) in [6.45, 7) is 0.836. The number of hydrogen-bond acceptors (Lipinski definition) is 2. The maximum absolute atomic E-state index is 8.77. The predicted octanol–water partition coefficient (Wildman–Crippen LogP) is 3.19. The summed E-state index contributed by atoms with van der Waals surface area (Å²) < 4.78 is 5.70. The topological polar surface area (TPSA) is 29.5 Å². The molecule has 2 aromatic rings. The van der Waals surface area contributed by atoms with Gasteiger partial charge in [-0.3, -0.25) is 0 Å². The van der Waals surface area contributed by atoms with Gasteiger partial charge in [0.25, 0.3) is 0 Å². The third-order valence-electron chi connectivity index (χ3n) is 2.80. The van der Waals surface area contributed by atoms with E-state index in [1.807, 2.05) is 30.3 Å². The van der Waals surface area contributed by atoms with Crippen molar-refractivity contribution in [1.29, 1.82) is 0 Å².